The smallest absolute Gasteiger partial charge is 0.234 e. The maximum absolute atomic E-state index is 11.2. The molecule has 4 nitrogen and oxygen atoms in total. The maximum atomic E-state index is 11.2. The molecule has 0 aromatic heterocycles. The number of carbonyl (C=O) groups is 1. The fraction of sp³-hybridized carbons (Fsp3) is 0.417. The number of nitrogens with zero attached hydrogens (tertiary/aromatic N) is 1. The van der Waals surface area contributed by atoms with Crippen LogP contribution in [0.2, 0.25) is 0 Å². The van der Waals surface area contributed by atoms with Crippen molar-refractivity contribution in [1.82, 2.24) is 10.2 Å². The quantitative estimate of drug-likeness (QED) is 0.910. The second kappa shape index (κ2) is 6.02. The molecular weight excluding hydrogens is 284 g/mol. The third-order valence-corrected chi connectivity index (χ3v) is 3.08. The van der Waals surface area contributed by atoms with E-state index in [0.717, 1.165) is 29.9 Å². The van der Waals surface area contributed by atoms with Gasteiger partial charge in [0, 0.05) is 24.1 Å². The number of ether oxygens (including phenoxy) is 1. The molecule has 1 aliphatic rings. The lowest BCUT2D eigenvalue weighted by Gasteiger charge is -2.26. The minimum Gasteiger partial charge on any atom is -0.492 e. The summed E-state index contributed by atoms with van der Waals surface area (Å²) in [4.78, 5) is 13.2. The van der Waals surface area contributed by atoms with Gasteiger partial charge < -0.3 is 10.1 Å². The topological polar surface area (TPSA) is 41.6 Å². The average molecular weight is 299 g/mol. The molecule has 2 rings (SSSR count). The molecule has 0 radical (unpaired) electrons. The summed E-state index contributed by atoms with van der Waals surface area (Å²) in [6.07, 6.45) is 0. The zero-order chi connectivity index (χ0) is 12.1. The summed E-state index contributed by atoms with van der Waals surface area (Å²) in [6.45, 7) is 3.48. The Morgan fingerprint density at radius 3 is 3.12 bits per heavy atom. The van der Waals surface area contributed by atoms with Gasteiger partial charge in [-0.3, -0.25) is 9.69 Å². The second-order valence-electron chi connectivity index (χ2n) is 3.93. The van der Waals surface area contributed by atoms with Crippen molar-refractivity contribution >= 4 is 21.8 Å². The number of rotatable bonds is 4. The molecule has 1 aromatic rings. The van der Waals surface area contributed by atoms with E-state index in [4.69, 9.17) is 4.74 Å². The first-order valence-corrected chi connectivity index (χ1v) is 6.41. The molecule has 1 aliphatic heterocycles. The van der Waals surface area contributed by atoms with Gasteiger partial charge in [0.25, 0.3) is 0 Å². The Balaban J connectivity index is 1.74. The SMILES string of the molecule is O=C1CN(CCOc2cccc(Br)c2)CCN1. The number of piperazine rings is 1. The molecule has 1 amide bonds. The molecule has 5 heteroatoms. The van der Waals surface area contributed by atoms with Gasteiger partial charge in [-0.15, -0.1) is 0 Å². The predicted octanol–water partition coefficient (Wildman–Crippen LogP) is 1.26. The van der Waals surface area contributed by atoms with E-state index in [1.54, 1.807) is 0 Å². The number of carbonyl (C=O) groups excluding carboxylic acids is 1. The maximum Gasteiger partial charge on any atom is 0.234 e. The predicted molar refractivity (Wildman–Crippen MR) is 69.1 cm³/mol. The average Bonchev–Trinajstić information content (AvgIpc) is 2.29. The van der Waals surface area contributed by atoms with E-state index in [0.29, 0.717) is 13.2 Å². The molecule has 1 heterocycles. The molecular formula is C12H15BrN2O2. The lowest BCUT2D eigenvalue weighted by atomic mass is 10.3. The number of amides is 1. The van der Waals surface area contributed by atoms with Crippen molar-refractivity contribution in [1.29, 1.82) is 0 Å². The fourth-order valence-electron chi connectivity index (χ4n) is 1.73. The van der Waals surface area contributed by atoms with Crippen LogP contribution in [0.4, 0.5) is 0 Å². The van der Waals surface area contributed by atoms with E-state index in [9.17, 15) is 4.79 Å². The molecule has 0 bridgehead atoms. The van der Waals surface area contributed by atoms with E-state index in [1.165, 1.54) is 0 Å². The van der Waals surface area contributed by atoms with Crippen molar-refractivity contribution in [2.45, 2.75) is 0 Å². The lowest BCUT2D eigenvalue weighted by molar-refractivity contribution is -0.124. The first kappa shape index (κ1) is 12.4. The van der Waals surface area contributed by atoms with Crippen LogP contribution in [0.15, 0.2) is 28.7 Å². The first-order valence-electron chi connectivity index (χ1n) is 5.61. The molecule has 1 fully saturated rings. The minimum absolute atomic E-state index is 0.0960. The van der Waals surface area contributed by atoms with E-state index in [-0.39, 0.29) is 5.91 Å². The molecule has 17 heavy (non-hydrogen) atoms. The number of hydrogen-bond donors (Lipinski definition) is 1. The largest absolute Gasteiger partial charge is 0.492 e. The Labute approximate surface area is 109 Å². The summed E-state index contributed by atoms with van der Waals surface area (Å²) in [5.41, 5.74) is 0. The molecule has 1 aromatic carbocycles. The zero-order valence-electron chi connectivity index (χ0n) is 9.49. The van der Waals surface area contributed by atoms with Crippen molar-refractivity contribution in [3.8, 4) is 5.75 Å². The van der Waals surface area contributed by atoms with Crippen LogP contribution >= 0.6 is 15.9 Å². The molecule has 0 saturated carbocycles. The summed E-state index contributed by atoms with van der Waals surface area (Å²) in [5.74, 6) is 0.944. The van der Waals surface area contributed by atoms with Crippen LogP contribution in [-0.4, -0.2) is 43.6 Å². The second-order valence-corrected chi connectivity index (χ2v) is 4.85. The molecule has 0 spiro atoms. The van der Waals surface area contributed by atoms with E-state index >= 15 is 0 Å². The summed E-state index contributed by atoms with van der Waals surface area (Å²) < 4.78 is 6.63. The third-order valence-electron chi connectivity index (χ3n) is 2.59. The Morgan fingerprint density at radius 2 is 2.35 bits per heavy atom. The van der Waals surface area contributed by atoms with Crippen molar-refractivity contribution < 1.29 is 9.53 Å². The van der Waals surface area contributed by atoms with Gasteiger partial charge in [0.1, 0.15) is 12.4 Å². The highest BCUT2D eigenvalue weighted by atomic mass is 79.9. The van der Waals surface area contributed by atoms with Gasteiger partial charge in [-0.1, -0.05) is 22.0 Å². The highest BCUT2D eigenvalue weighted by Gasteiger charge is 2.15. The van der Waals surface area contributed by atoms with Crippen molar-refractivity contribution in [3.05, 3.63) is 28.7 Å². The van der Waals surface area contributed by atoms with Crippen LogP contribution in [-0.2, 0) is 4.79 Å². The van der Waals surface area contributed by atoms with Crippen LogP contribution in [0, 0.1) is 0 Å². The van der Waals surface area contributed by atoms with Crippen molar-refractivity contribution in [3.63, 3.8) is 0 Å². The van der Waals surface area contributed by atoms with E-state index < -0.39 is 0 Å². The fourth-order valence-corrected chi connectivity index (χ4v) is 2.11. The van der Waals surface area contributed by atoms with Crippen LogP contribution in [0.5, 0.6) is 5.75 Å². The summed E-state index contributed by atoms with van der Waals surface area (Å²) >= 11 is 3.40. The van der Waals surface area contributed by atoms with Gasteiger partial charge in [-0.2, -0.15) is 0 Å². The zero-order valence-corrected chi connectivity index (χ0v) is 11.1. The first-order chi connectivity index (χ1) is 8.24. The summed E-state index contributed by atoms with van der Waals surface area (Å²) in [6, 6.07) is 7.76. The van der Waals surface area contributed by atoms with Crippen molar-refractivity contribution in [2.75, 3.05) is 32.8 Å². The highest BCUT2D eigenvalue weighted by Crippen LogP contribution is 2.17. The Morgan fingerprint density at radius 1 is 1.47 bits per heavy atom. The summed E-state index contributed by atoms with van der Waals surface area (Å²) in [5, 5.41) is 2.80. The number of benzene rings is 1. The Hall–Kier alpha value is -1.07. The highest BCUT2D eigenvalue weighted by molar-refractivity contribution is 9.10. The van der Waals surface area contributed by atoms with Crippen LogP contribution in [0.3, 0.4) is 0 Å². The monoisotopic (exact) mass is 298 g/mol. The summed E-state index contributed by atoms with van der Waals surface area (Å²) in [7, 11) is 0. The molecule has 0 aliphatic carbocycles. The van der Waals surface area contributed by atoms with Gasteiger partial charge >= 0.3 is 0 Å². The minimum atomic E-state index is 0.0960. The number of halogens is 1. The Kier molecular flexibility index (Phi) is 4.39. The van der Waals surface area contributed by atoms with Crippen LogP contribution < -0.4 is 10.1 Å². The van der Waals surface area contributed by atoms with Gasteiger partial charge in [0.15, 0.2) is 0 Å². The third kappa shape index (κ3) is 4.02. The molecule has 1 N–H and O–H groups in total. The van der Waals surface area contributed by atoms with Gasteiger partial charge in [-0.25, -0.2) is 0 Å². The van der Waals surface area contributed by atoms with E-state index in [2.05, 4.69) is 26.1 Å². The van der Waals surface area contributed by atoms with E-state index in [1.807, 2.05) is 24.3 Å². The van der Waals surface area contributed by atoms with Crippen LogP contribution in [0.1, 0.15) is 0 Å². The number of hydrogen-bond acceptors (Lipinski definition) is 3. The van der Waals surface area contributed by atoms with Gasteiger partial charge in [0.05, 0.1) is 6.54 Å². The van der Waals surface area contributed by atoms with Crippen molar-refractivity contribution in [2.24, 2.45) is 0 Å². The molecule has 0 unspecified atom stereocenters. The standard InChI is InChI=1S/C12H15BrN2O2/c13-10-2-1-3-11(8-10)17-7-6-15-5-4-14-12(16)9-15/h1-3,8H,4-7,9H2,(H,14,16). The van der Waals surface area contributed by atoms with Gasteiger partial charge in [-0.05, 0) is 18.2 Å². The molecule has 92 valence electrons. The lowest BCUT2D eigenvalue weighted by Crippen LogP contribution is -2.48. The molecule has 1 saturated heterocycles. The normalized spacial score (nSPS) is 16.6. The van der Waals surface area contributed by atoms with Crippen LogP contribution in [0.25, 0.3) is 0 Å². The number of nitrogens with one attached hydrogen (secondary N) is 1. The molecule has 0 atom stereocenters. The Bertz CT molecular complexity index is 398. The van der Waals surface area contributed by atoms with Gasteiger partial charge in [0.2, 0.25) is 5.91 Å².